The number of carbonyl (C=O) groups excluding carboxylic acids is 1. The molecule has 3 aromatic rings. The summed E-state index contributed by atoms with van der Waals surface area (Å²) in [6.07, 6.45) is 0. The Labute approximate surface area is 152 Å². The predicted molar refractivity (Wildman–Crippen MR) is 101 cm³/mol. The maximum absolute atomic E-state index is 13.1. The van der Waals surface area contributed by atoms with Gasteiger partial charge in [-0.2, -0.15) is 5.10 Å². The van der Waals surface area contributed by atoms with Gasteiger partial charge in [0.05, 0.1) is 23.6 Å². The van der Waals surface area contributed by atoms with Crippen LogP contribution in [0.1, 0.15) is 38.4 Å². The van der Waals surface area contributed by atoms with Crippen LogP contribution in [0.5, 0.6) is 0 Å². The molecule has 1 aromatic heterocycles. The van der Waals surface area contributed by atoms with Crippen molar-refractivity contribution in [3.05, 3.63) is 81.9 Å². The number of aromatic nitrogens is 2. The van der Waals surface area contributed by atoms with Crippen LogP contribution < -0.4 is 5.32 Å². The van der Waals surface area contributed by atoms with Crippen molar-refractivity contribution in [1.29, 1.82) is 0 Å². The zero-order chi connectivity index (χ0) is 18.8. The van der Waals surface area contributed by atoms with Gasteiger partial charge >= 0.3 is 0 Å². The summed E-state index contributed by atoms with van der Waals surface area (Å²) in [7, 11) is 0. The third-order valence-corrected chi connectivity index (χ3v) is 4.63. The molecule has 0 aliphatic rings. The summed E-state index contributed by atoms with van der Waals surface area (Å²) >= 11 is 0. The number of nitrogens with zero attached hydrogens (tertiary/aromatic N) is 2. The standard InChI is InChI=1S/C21H22FN3O/c1-13-5-8-18(11-14(13)2)21(26)23-20-15(3)24-25(16(20)4)12-17-6-9-19(22)10-7-17/h5-11H,12H2,1-4H3,(H,23,26). The first-order valence-electron chi connectivity index (χ1n) is 8.52. The molecule has 1 heterocycles. The van der Waals surface area contributed by atoms with E-state index in [0.717, 1.165) is 33.8 Å². The number of nitrogens with one attached hydrogen (secondary N) is 1. The molecule has 5 heteroatoms. The lowest BCUT2D eigenvalue weighted by Gasteiger charge is -2.09. The van der Waals surface area contributed by atoms with E-state index in [9.17, 15) is 9.18 Å². The monoisotopic (exact) mass is 351 g/mol. The topological polar surface area (TPSA) is 46.9 Å². The molecule has 0 saturated carbocycles. The SMILES string of the molecule is Cc1ccc(C(=O)Nc2c(C)nn(Cc3ccc(F)cc3)c2C)cc1C. The summed E-state index contributed by atoms with van der Waals surface area (Å²) in [4.78, 5) is 12.6. The molecule has 26 heavy (non-hydrogen) atoms. The molecule has 0 unspecified atom stereocenters. The van der Waals surface area contributed by atoms with E-state index in [1.54, 1.807) is 12.1 Å². The van der Waals surface area contributed by atoms with Crippen molar-refractivity contribution in [2.45, 2.75) is 34.2 Å². The van der Waals surface area contributed by atoms with Gasteiger partial charge < -0.3 is 5.32 Å². The Balaban J connectivity index is 1.82. The molecule has 0 spiro atoms. The molecular formula is C21H22FN3O. The highest BCUT2D eigenvalue weighted by Gasteiger charge is 2.16. The maximum atomic E-state index is 13.1. The number of hydrogen-bond acceptors (Lipinski definition) is 2. The van der Waals surface area contributed by atoms with Gasteiger partial charge in [-0.25, -0.2) is 4.39 Å². The van der Waals surface area contributed by atoms with Crippen LogP contribution in [-0.2, 0) is 6.54 Å². The summed E-state index contributed by atoms with van der Waals surface area (Å²) < 4.78 is 14.9. The Morgan fingerprint density at radius 2 is 1.73 bits per heavy atom. The Hall–Kier alpha value is -2.95. The second-order valence-corrected chi connectivity index (χ2v) is 6.58. The molecule has 4 nitrogen and oxygen atoms in total. The van der Waals surface area contributed by atoms with Gasteiger partial charge in [0.1, 0.15) is 5.82 Å². The van der Waals surface area contributed by atoms with Gasteiger partial charge in [-0.15, -0.1) is 0 Å². The van der Waals surface area contributed by atoms with Gasteiger partial charge in [0.2, 0.25) is 0 Å². The fourth-order valence-corrected chi connectivity index (χ4v) is 2.86. The minimum absolute atomic E-state index is 0.152. The van der Waals surface area contributed by atoms with E-state index in [1.807, 2.05) is 50.6 Å². The predicted octanol–water partition coefficient (Wildman–Crippen LogP) is 4.56. The molecule has 2 aromatic carbocycles. The fourth-order valence-electron chi connectivity index (χ4n) is 2.86. The lowest BCUT2D eigenvalue weighted by atomic mass is 10.1. The van der Waals surface area contributed by atoms with Gasteiger partial charge in [0, 0.05) is 5.56 Å². The molecule has 0 bridgehead atoms. The van der Waals surface area contributed by atoms with Gasteiger partial charge in [-0.3, -0.25) is 9.48 Å². The van der Waals surface area contributed by atoms with E-state index in [-0.39, 0.29) is 11.7 Å². The van der Waals surface area contributed by atoms with Crippen molar-refractivity contribution in [3.63, 3.8) is 0 Å². The molecule has 0 radical (unpaired) electrons. The summed E-state index contributed by atoms with van der Waals surface area (Å²) in [6, 6.07) is 12.0. The minimum atomic E-state index is -0.261. The zero-order valence-electron chi connectivity index (χ0n) is 15.4. The Morgan fingerprint density at radius 1 is 1.04 bits per heavy atom. The first kappa shape index (κ1) is 17.9. The Bertz CT molecular complexity index is 958. The molecule has 1 amide bonds. The highest BCUT2D eigenvalue weighted by molar-refractivity contribution is 6.05. The fraction of sp³-hybridized carbons (Fsp3) is 0.238. The molecular weight excluding hydrogens is 329 g/mol. The summed E-state index contributed by atoms with van der Waals surface area (Å²) in [5.74, 6) is -0.413. The quantitative estimate of drug-likeness (QED) is 0.749. The van der Waals surface area contributed by atoms with E-state index in [4.69, 9.17) is 0 Å². The third kappa shape index (κ3) is 3.67. The molecule has 0 aliphatic carbocycles. The molecule has 0 aliphatic heterocycles. The summed E-state index contributed by atoms with van der Waals surface area (Å²) in [5, 5.41) is 7.49. The number of anilines is 1. The van der Waals surface area contributed by atoms with Crippen molar-refractivity contribution in [3.8, 4) is 0 Å². The van der Waals surface area contributed by atoms with Crippen LogP contribution in [0.25, 0.3) is 0 Å². The molecule has 3 rings (SSSR count). The van der Waals surface area contributed by atoms with Gasteiger partial charge in [-0.05, 0) is 68.7 Å². The van der Waals surface area contributed by atoms with E-state index < -0.39 is 0 Å². The number of halogens is 1. The number of rotatable bonds is 4. The lowest BCUT2D eigenvalue weighted by molar-refractivity contribution is 0.102. The minimum Gasteiger partial charge on any atom is -0.319 e. The largest absolute Gasteiger partial charge is 0.319 e. The van der Waals surface area contributed by atoms with Crippen molar-refractivity contribution < 1.29 is 9.18 Å². The molecule has 0 saturated heterocycles. The van der Waals surface area contributed by atoms with E-state index in [0.29, 0.717) is 12.1 Å². The lowest BCUT2D eigenvalue weighted by Crippen LogP contribution is -2.13. The van der Waals surface area contributed by atoms with Crippen LogP contribution in [0.4, 0.5) is 10.1 Å². The number of aryl methyl sites for hydroxylation is 3. The second kappa shape index (κ2) is 7.12. The highest BCUT2D eigenvalue weighted by Crippen LogP contribution is 2.22. The maximum Gasteiger partial charge on any atom is 0.255 e. The van der Waals surface area contributed by atoms with E-state index in [1.165, 1.54) is 12.1 Å². The first-order valence-corrected chi connectivity index (χ1v) is 8.52. The van der Waals surface area contributed by atoms with Crippen LogP contribution in [0, 0.1) is 33.5 Å². The van der Waals surface area contributed by atoms with Gasteiger partial charge in [-0.1, -0.05) is 18.2 Å². The van der Waals surface area contributed by atoms with Crippen molar-refractivity contribution >= 4 is 11.6 Å². The molecule has 0 atom stereocenters. The number of hydrogen-bond donors (Lipinski definition) is 1. The number of amides is 1. The van der Waals surface area contributed by atoms with Crippen molar-refractivity contribution in [1.82, 2.24) is 9.78 Å². The molecule has 1 N–H and O–H groups in total. The Kier molecular flexibility index (Phi) is 4.89. The van der Waals surface area contributed by atoms with E-state index in [2.05, 4.69) is 10.4 Å². The van der Waals surface area contributed by atoms with Crippen molar-refractivity contribution in [2.75, 3.05) is 5.32 Å². The molecule has 0 fully saturated rings. The summed E-state index contributed by atoms with van der Waals surface area (Å²) in [5.41, 5.74) is 6.14. The van der Waals surface area contributed by atoms with Crippen LogP contribution >= 0.6 is 0 Å². The number of carbonyl (C=O) groups is 1. The van der Waals surface area contributed by atoms with Crippen LogP contribution in [0.15, 0.2) is 42.5 Å². The summed E-state index contributed by atoms with van der Waals surface area (Å²) in [6.45, 7) is 8.31. The van der Waals surface area contributed by atoms with Gasteiger partial charge in [0.25, 0.3) is 5.91 Å². The Morgan fingerprint density at radius 3 is 2.38 bits per heavy atom. The number of benzene rings is 2. The normalized spacial score (nSPS) is 10.8. The van der Waals surface area contributed by atoms with Crippen LogP contribution in [0.3, 0.4) is 0 Å². The smallest absolute Gasteiger partial charge is 0.255 e. The van der Waals surface area contributed by atoms with Crippen LogP contribution in [-0.4, -0.2) is 15.7 Å². The highest BCUT2D eigenvalue weighted by atomic mass is 19.1. The van der Waals surface area contributed by atoms with Crippen molar-refractivity contribution in [2.24, 2.45) is 0 Å². The average Bonchev–Trinajstić information content (AvgIpc) is 2.86. The van der Waals surface area contributed by atoms with Gasteiger partial charge in [0.15, 0.2) is 0 Å². The third-order valence-electron chi connectivity index (χ3n) is 4.63. The van der Waals surface area contributed by atoms with Crippen LogP contribution in [0.2, 0.25) is 0 Å². The molecule has 134 valence electrons. The first-order chi connectivity index (χ1) is 12.3. The average molecular weight is 351 g/mol. The second-order valence-electron chi connectivity index (χ2n) is 6.58. The van der Waals surface area contributed by atoms with E-state index >= 15 is 0 Å². The zero-order valence-corrected chi connectivity index (χ0v) is 15.4.